The Morgan fingerprint density at radius 1 is 1.50 bits per heavy atom. The van der Waals surface area contributed by atoms with E-state index in [1.54, 1.807) is 11.3 Å². The van der Waals surface area contributed by atoms with Crippen LogP contribution in [0.5, 0.6) is 0 Å². The standard InChI is InChI=1S/C12H14N2O2S2/c1-8-9(4-5-15-8)18-7-11-13-14-12(16-11)10-3-2-6-17-10/h2-3,6,8-9H,4-5,7H2,1H3/t8-,9+/m1/s1. The SMILES string of the molecule is C[C@H]1OCC[C@@H]1SCc1nnc(-c2cccs2)o1. The van der Waals surface area contributed by atoms with Gasteiger partial charge in [0.15, 0.2) is 0 Å². The fraction of sp³-hybridized carbons (Fsp3) is 0.500. The molecule has 1 fully saturated rings. The van der Waals surface area contributed by atoms with Crippen LogP contribution in [0.2, 0.25) is 0 Å². The van der Waals surface area contributed by atoms with Gasteiger partial charge in [-0.25, -0.2) is 0 Å². The summed E-state index contributed by atoms with van der Waals surface area (Å²) in [7, 11) is 0. The molecule has 0 saturated carbocycles. The van der Waals surface area contributed by atoms with Crippen LogP contribution >= 0.6 is 23.1 Å². The predicted molar refractivity (Wildman–Crippen MR) is 72.7 cm³/mol. The van der Waals surface area contributed by atoms with Crippen LogP contribution in [0, 0.1) is 0 Å². The molecule has 2 atom stereocenters. The Hall–Kier alpha value is -0.850. The molecule has 2 aromatic rings. The number of rotatable bonds is 4. The average Bonchev–Trinajstić information content (AvgIpc) is 3.08. The summed E-state index contributed by atoms with van der Waals surface area (Å²) in [5.74, 6) is 2.08. The van der Waals surface area contributed by atoms with Gasteiger partial charge in [-0.3, -0.25) is 0 Å². The Balaban J connectivity index is 1.60. The fourth-order valence-corrected chi connectivity index (χ4v) is 3.65. The maximum absolute atomic E-state index is 5.65. The van der Waals surface area contributed by atoms with Crippen molar-refractivity contribution in [2.75, 3.05) is 6.61 Å². The molecule has 3 rings (SSSR count). The third-order valence-corrected chi connectivity index (χ3v) is 5.24. The summed E-state index contributed by atoms with van der Waals surface area (Å²) in [6, 6.07) is 3.97. The van der Waals surface area contributed by atoms with Crippen molar-refractivity contribution in [3.63, 3.8) is 0 Å². The monoisotopic (exact) mass is 282 g/mol. The van der Waals surface area contributed by atoms with Gasteiger partial charge >= 0.3 is 0 Å². The molecule has 1 aliphatic heterocycles. The van der Waals surface area contributed by atoms with Crippen LogP contribution in [0.3, 0.4) is 0 Å². The minimum atomic E-state index is 0.328. The van der Waals surface area contributed by atoms with Crippen LogP contribution in [0.4, 0.5) is 0 Å². The molecule has 1 aliphatic rings. The first-order valence-electron chi connectivity index (χ1n) is 5.92. The molecular weight excluding hydrogens is 268 g/mol. The largest absolute Gasteiger partial charge is 0.419 e. The Morgan fingerprint density at radius 2 is 2.44 bits per heavy atom. The zero-order valence-electron chi connectivity index (χ0n) is 10.0. The molecule has 0 aliphatic carbocycles. The molecular formula is C12H14N2O2S2. The van der Waals surface area contributed by atoms with Gasteiger partial charge in [0.2, 0.25) is 5.89 Å². The van der Waals surface area contributed by atoms with Crippen LogP contribution in [-0.4, -0.2) is 28.2 Å². The lowest BCUT2D eigenvalue weighted by atomic mass is 10.3. The number of thioether (sulfide) groups is 1. The van der Waals surface area contributed by atoms with Gasteiger partial charge in [-0.05, 0) is 24.8 Å². The summed E-state index contributed by atoms with van der Waals surface area (Å²) in [5, 5.41) is 10.7. The molecule has 18 heavy (non-hydrogen) atoms. The van der Waals surface area contributed by atoms with E-state index in [0.717, 1.165) is 23.7 Å². The van der Waals surface area contributed by atoms with Crippen molar-refractivity contribution < 1.29 is 9.15 Å². The zero-order valence-corrected chi connectivity index (χ0v) is 11.7. The molecule has 1 saturated heterocycles. The van der Waals surface area contributed by atoms with E-state index in [1.165, 1.54) is 0 Å². The lowest BCUT2D eigenvalue weighted by Crippen LogP contribution is -2.13. The molecule has 0 unspecified atom stereocenters. The van der Waals surface area contributed by atoms with E-state index < -0.39 is 0 Å². The molecule has 0 spiro atoms. The van der Waals surface area contributed by atoms with Gasteiger partial charge in [-0.2, -0.15) is 0 Å². The second kappa shape index (κ2) is 5.42. The summed E-state index contributed by atoms with van der Waals surface area (Å²) < 4.78 is 11.2. The van der Waals surface area contributed by atoms with Crippen molar-refractivity contribution in [3.8, 4) is 10.8 Å². The van der Waals surface area contributed by atoms with E-state index in [9.17, 15) is 0 Å². The second-order valence-electron chi connectivity index (χ2n) is 4.19. The van der Waals surface area contributed by atoms with E-state index in [-0.39, 0.29) is 0 Å². The predicted octanol–water partition coefficient (Wildman–Crippen LogP) is 3.21. The highest BCUT2D eigenvalue weighted by molar-refractivity contribution is 7.99. The lowest BCUT2D eigenvalue weighted by molar-refractivity contribution is 0.127. The Morgan fingerprint density at radius 3 is 3.17 bits per heavy atom. The van der Waals surface area contributed by atoms with Crippen LogP contribution in [0.15, 0.2) is 21.9 Å². The molecule has 3 heterocycles. The van der Waals surface area contributed by atoms with Crippen molar-refractivity contribution in [1.29, 1.82) is 0 Å². The fourth-order valence-electron chi connectivity index (χ4n) is 1.92. The first-order chi connectivity index (χ1) is 8.83. The molecule has 0 bridgehead atoms. The number of hydrogen-bond acceptors (Lipinski definition) is 6. The third kappa shape index (κ3) is 2.60. The Labute approximate surface area is 114 Å². The summed E-state index contributed by atoms with van der Waals surface area (Å²) in [6.45, 7) is 2.98. The van der Waals surface area contributed by atoms with Crippen LogP contribution in [-0.2, 0) is 10.5 Å². The summed E-state index contributed by atoms with van der Waals surface area (Å²) >= 11 is 3.45. The smallest absolute Gasteiger partial charge is 0.257 e. The van der Waals surface area contributed by atoms with Gasteiger partial charge in [-0.1, -0.05) is 6.07 Å². The highest BCUT2D eigenvalue weighted by Crippen LogP contribution is 2.30. The van der Waals surface area contributed by atoms with Gasteiger partial charge < -0.3 is 9.15 Å². The second-order valence-corrected chi connectivity index (χ2v) is 6.37. The normalized spacial score (nSPS) is 23.6. The van der Waals surface area contributed by atoms with Gasteiger partial charge in [0.05, 0.1) is 16.7 Å². The summed E-state index contributed by atoms with van der Waals surface area (Å²) in [4.78, 5) is 1.02. The van der Waals surface area contributed by atoms with Gasteiger partial charge in [0.25, 0.3) is 5.89 Å². The quantitative estimate of drug-likeness (QED) is 0.861. The number of nitrogens with zero attached hydrogens (tertiary/aromatic N) is 2. The molecule has 2 aromatic heterocycles. The van der Waals surface area contributed by atoms with Crippen molar-refractivity contribution in [2.24, 2.45) is 0 Å². The number of hydrogen-bond donors (Lipinski definition) is 0. The summed E-state index contributed by atoms with van der Waals surface area (Å²) in [5.41, 5.74) is 0. The minimum Gasteiger partial charge on any atom is -0.419 e. The highest BCUT2D eigenvalue weighted by atomic mass is 32.2. The highest BCUT2D eigenvalue weighted by Gasteiger charge is 2.25. The molecule has 0 amide bonds. The van der Waals surface area contributed by atoms with E-state index in [1.807, 2.05) is 29.3 Å². The third-order valence-electron chi connectivity index (χ3n) is 2.93. The summed E-state index contributed by atoms with van der Waals surface area (Å²) in [6.07, 6.45) is 1.44. The molecule has 0 N–H and O–H groups in total. The van der Waals surface area contributed by atoms with Crippen molar-refractivity contribution in [1.82, 2.24) is 10.2 Å². The van der Waals surface area contributed by atoms with E-state index >= 15 is 0 Å². The topological polar surface area (TPSA) is 48.2 Å². The maximum Gasteiger partial charge on any atom is 0.257 e. The number of ether oxygens (including phenoxy) is 1. The van der Waals surface area contributed by atoms with Crippen LogP contribution in [0.25, 0.3) is 10.8 Å². The van der Waals surface area contributed by atoms with Gasteiger partial charge in [-0.15, -0.1) is 33.3 Å². The van der Waals surface area contributed by atoms with Gasteiger partial charge in [0, 0.05) is 11.9 Å². The minimum absolute atomic E-state index is 0.328. The molecule has 4 nitrogen and oxygen atoms in total. The van der Waals surface area contributed by atoms with Crippen molar-refractivity contribution in [2.45, 2.75) is 30.5 Å². The lowest BCUT2D eigenvalue weighted by Gasteiger charge is -2.11. The van der Waals surface area contributed by atoms with E-state index in [0.29, 0.717) is 23.1 Å². The van der Waals surface area contributed by atoms with E-state index in [4.69, 9.17) is 9.15 Å². The average molecular weight is 282 g/mol. The van der Waals surface area contributed by atoms with Gasteiger partial charge in [0.1, 0.15) is 0 Å². The number of thiophene rings is 1. The first kappa shape index (κ1) is 12.2. The molecule has 0 aromatic carbocycles. The van der Waals surface area contributed by atoms with Crippen molar-refractivity contribution >= 4 is 23.1 Å². The molecule has 6 heteroatoms. The van der Waals surface area contributed by atoms with E-state index in [2.05, 4.69) is 17.1 Å². The number of aromatic nitrogens is 2. The Bertz CT molecular complexity index is 498. The maximum atomic E-state index is 5.65. The Kier molecular flexibility index (Phi) is 3.67. The van der Waals surface area contributed by atoms with Crippen LogP contribution < -0.4 is 0 Å². The first-order valence-corrected chi connectivity index (χ1v) is 7.85. The molecule has 96 valence electrons. The van der Waals surface area contributed by atoms with Crippen molar-refractivity contribution in [3.05, 3.63) is 23.4 Å². The van der Waals surface area contributed by atoms with Crippen LogP contribution in [0.1, 0.15) is 19.2 Å². The molecule has 0 radical (unpaired) electrons. The zero-order chi connectivity index (χ0) is 12.4.